The van der Waals surface area contributed by atoms with Crippen molar-refractivity contribution in [3.63, 3.8) is 0 Å². The molecule has 8 heteroatoms. The predicted octanol–water partition coefficient (Wildman–Crippen LogP) is 2.98. The molecule has 3 amide bonds. The average Bonchev–Trinajstić information content (AvgIpc) is 3.09. The number of nitrogens with one attached hydrogen (secondary N) is 3. The van der Waals surface area contributed by atoms with Gasteiger partial charge in [0, 0.05) is 36.0 Å². The van der Waals surface area contributed by atoms with Crippen LogP contribution in [0, 0.1) is 0 Å². The van der Waals surface area contributed by atoms with Gasteiger partial charge in [0.05, 0.1) is 17.2 Å². The second-order valence-corrected chi connectivity index (χ2v) is 9.16. The van der Waals surface area contributed by atoms with Crippen LogP contribution >= 0.6 is 11.3 Å². The van der Waals surface area contributed by atoms with E-state index in [1.54, 1.807) is 16.2 Å². The van der Waals surface area contributed by atoms with Gasteiger partial charge in [0.2, 0.25) is 5.91 Å². The van der Waals surface area contributed by atoms with Gasteiger partial charge in [-0.2, -0.15) is 0 Å². The zero-order valence-corrected chi connectivity index (χ0v) is 18.7. The Balaban J connectivity index is 1.74. The van der Waals surface area contributed by atoms with Crippen molar-refractivity contribution in [2.45, 2.75) is 39.2 Å². The first kappa shape index (κ1) is 22.8. The molecule has 158 valence electrons. The van der Waals surface area contributed by atoms with Gasteiger partial charge in [-0.25, -0.2) is 9.78 Å². The number of carbonyl (C=O) groups is 2. The van der Waals surface area contributed by atoms with Crippen molar-refractivity contribution in [3.8, 4) is 0 Å². The van der Waals surface area contributed by atoms with E-state index in [0.717, 1.165) is 22.0 Å². The van der Waals surface area contributed by atoms with Crippen LogP contribution in [0.2, 0.25) is 0 Å². The van der Waals surface area contributed by atoms with Crippen LogP contribution in [-0.2, 0) is 23.2 Å². The molecular weight excluding hydrogens is 386 g/mol. The minimum absolute atomic E-state index is 0.0417. The van der Waals surface area contributed by atoms with Gasteiger partial charge < -0.3 is 20.9 Å². The molecule has 0 fully saturated rings. The summed E-state index contributed by atoms with van der Waals surface area (Å²) in [6.07, 6.45) is 0.710. The number of likely N-dealkylation sites (N-methyl/N-ethyl adjacent to an activating group) is 1. The molecule has 0 unspecified atom stereocenters. The minimum atomic E-state index is -0.223. The lowest BCUT2D eigenvalue weighted by molar-refractivity contribution is -0.116. The van der Waals surface area contributed by atoms with E-state index in [-0.39, 0.29) is 17.4 Å². The highest BCUT2D eigenvalue weighted by atomic mass is 32.1. The van der Waals surface area contributed by atoms with Crippen LogP contribution in [0.3, 0.4) is 0 Å². The van der Waals surface area contributed by atoms with Crippen LogP contribution in [0.5, 0.6) is 0 Å². The molecule has 0 aliphatic heterocycles. The quantitative estimate of drug-likeness (QED) is 0.616. The first-order valence-electron chi connectivity index (χ1n) is 9.63. The van der Waals surface area contributed by atoms with E-state index < -0.39 is 0 Å². The highest BCUT2D eigenvalue weighted by molar-refractivity contribution is 7.09. The summed E-state index contributed by atoms with van der Waals surface area (Å²) < 4.78 is 0. The monoisotopic (exact) mass is 417 g/mol. The number of amides is 3. The SMILES string of the molecule is CN(C)CC(=O)Nc1cccc(CNC(=O)NCCc2nc(C(C)(C)C)cs2)c1. The summed E-state index contributed by atoms with van der Waals surface area (Å²) in [6.45, 7) is 7.65. The molecule has 1 heterocycles. The lowest BCUT2D eigenvalue weighted by Crippen LogP contribution is -2.36. The van der Waals surface area contributed by atoms with Crippen molar-refractivity contribution >= 4 is 29.0 Å². The maximum absolute atomic E-state index is 12.0. The summed E-state index contributed by atoms with van der Waals surface area (Å²) in [4.78, 5) is 30.3. The summed E-state index contributed by atoms with van der Waals surface area (Å²) in [7, 11) is 3.69. The molecule has 0 radical (unpaired) electrons. The summed E-state index contributed by atoms with van der Waals surface area (Å²) in [5.41, 5.74) is 2.76. The Kier molecular flexibility index (Phi) is 8.16. The van der Waals surface area contributed by atoms with Gasteiger partial charge in [-0.1, -0.05) is 32.9 Å². The minimum Gasteiger partial charge on any atom is -0.338 e. The topological polar surface area (TPSA) is 86.4 Å². The molecule has 0 aliphatic carbocycles. The first-order chi connectivity index (χ1) is 13.6. The van der Waals surface area contributed by atoms with Crippen molar-refractivity contribution in [1.29, 1.82) is 0 Å². The number of aromatic nitrogens is 1. The summed E-state index contributed by atoms with van der Waals surface area (Å²) in [5.74, 6) is -0.0744. The maximum atomic E-state index is 12.0. The Morgan fingerprint density at radius 1 is 1.17 bits per heavy atom. The zero-order valence-electron chi connectivity index (χ0n) is 17.8. The third kappa shape index (κ3) is 8.21. The van der Waals surface area contributed by atoms with Crippen molar-refractivity contribution in [3.05, 3.63) is 45.9 Å². The Labute approximate surface area is 176 Å². The third-order valence-corrected chi connectivity index (χ3v) is 4.98. The second kappa shape index (κ2) is 10.4. The smallest absolute Gasteiger partial charge is 0.315 e. The summed E-state index contributed by atoms with van der Waals surface area (Å²) in [5, 5.41) is 11.7. The van der Waals surface area contributed by atoms with Crippen LogP contribution < -0.4 is 16.0 Å². The van der Waals surface area contributed by atoms with Crippen molar-refractivity contribution < 1.29 is 9.59 Å². The zero-order chi connectivity index (χ0) is 21.4. The predicted molar refractivity (Wildman–Crippen MR) is 118 cm³/mol. The molecule has 1 aromatic heterocycles. The molecule has 7 nitrogen and oxygen atoms in total. The fourth-order valence-electron chi connectivity index (χ4n) is 2.54. The van der Waals surface area contributed by atoms with Crippen LogP contribution in [0.25, 0.3) is 0 Å². The van der Waals surface area contributed by atoms with Gasteiger partial charge in [0.15, 0.2) is 0 Å². The highest BCUT2D eigenvalue weighted by Crippen LogP contribution is 2.23. The first-order valence-corrected chi connectivity index (χ1v) is 10.5. The van der Waals surface area contributed by atoms with E-state index in [1.165, 1.54) is 0 Å². The number of urea groups is 1. The fraction of sp³-hybridized carbons (Fsp3) is 0.476. The molecule has 29 heavy (non-hydrogen) atoms. The summed E-state index contributed by atoms with van der Waals surface area (Å²) >= 11 is 1.63. The molecule has 1 aromatic carbocycles. The highest BCUT2D eigenvalue weighted by Gasteiger charge is 2.17. The Morgan fingerprint density at radius 3 is 2.59 bits per heavy atom. The largest absolute Gasteiger partial charge is 0.338 e. The summed E-state index contributed by atoms with van der Waals surface area (Å²) in [6, 6.07) is 7.23. The lowest BCUT2D eigenvalue weighted by Gasteiger charge is -2.14. The van der Waals surface area contributed by atoms with Crippen molar-refractivity contribution in [1.82, 2.24) is 20.5 Å². The number of nitrogens with zero attached hydrogens (tertiary/aromatic N) is 2. The van der Waals surface area contributed by atoms with Gasteiger partial charge in [0.1, 0.15) is 0 Å². The average molecular weight is 418 g/mol. The normalized spacial score (nSPS) is 11.4. The van der Waals surface area contributed by atoms with Gasteiger partial charge in [0.25, 0.3) is 0 Å². The molecule has 0 saturated heterocycles. The van der Waals surface area contributed by atoms with Gasteiger partial charge in [-0.05, 0) is 31.8 Å². The van der Waals surface area contributed by atoms with Crippen molar-refractivity contribution in [2.75, 3.05) is 32.5 Å². The van der Waals surface area contributed by atoms with E-state index in [0.29, 0.717) is 26.1 Å². The maximum Gasteiger partial charge on any atom is 0.315 e. The second-order valence-electron chi connectivity index (χ2n) is 8.22. The Hall–Kier alpha value is -2.45. The molecular formula is C21H31N5O2S. The van der Waals surface area contributed by atoms with Gasteiger partial charge in [-0.3, -0.25) is 4.79 Å². The van der Waals surface area contributed by atoms with Crippen LogP contribution in [0.15, 0.2) is 29.6 Å². The molecule has 3 N–H and O–H groups in total. The van der Waals surface area contributed by atoms with Crippen molar-refractivity contribution in [2.24, 2.45) is 0 Å². The number of hydrogen-bond donors (Lipinski definition) is 3. The number of carbonyl (C=O) groups excluding carboxylic acids is 2. The molecule has 0 saturated carbocycles. The van der Waals surface area contributed by atoms with E-state index in [9.17, 15) is 9.59 Å². The Bertz CT molecular complexity index is 826. The van der Waals surface area contributed by atoms with Crippen LogP contribution in [0.1, 0.15) is 37.0 Å². The van der Waals surface area contributed by atoms with Crippen LogP contribution in [0.4, 0.5) is 10.5 Å². The van der Waals surface area contributed by atoms with E-state index >= 15 is 0 Å². The molecule has 2 rings (SSSR count). The van der Waals surface area contributed by atoms with E-state index in [2.05, 4.69) is 47.1 Å². The molecule has 0 aliphatic rings. The lowest BCUT2D eigenvalue weighted by atomic mass is 9.93. The third-order valence-electron chi connectivity index (χ3n) is 4.07. The van der Waals surface area contributed by atoms with Gasteiger partial charge >= 0.3 is 6.03 Å². The molecule has 0 spiro atoms. The number of anilines is 1. The Morgan fingerprint density at radius 2 is 1.93 bits per heavy atom. The van der Waals surface area contributed by atoms with Gasteiger partial charge in [-0.15, -0.1) is 11.3 Å². The van der Waals surface area contributed by atoms with Crippen LogP contribution in [-0.4, -0.2) is 49.0 Å². The standard InChI is InChI=1S/C21H31N5O2S/c1-21(2,3)17-14-29-19(25-17)9-10-22-20(28)23-12-15-7-6-8-16(11-15)24-18(27)13-26(4)5/h6-8,11,14H,9-10,12-13H2,1-5H3,(H,24,27)(H2,22,23,28). The number of benzene rings is 1. The number of rotatable bonds is 8. The number of hydrogen-bond acceptors (Lipinski definition) is 5. The number of thiazole rings is 1. The molecule has 0 bridgehead atoms. The molecule has 2 aromatic rings. The van der Waals surface area contributed by atoms with E-state index in [1.807, 2.05) is 38.4 Å². The van der Waals surface area contributed by atoms with E-state index in [4.69, 9.17) is 0 Å². The fourth-order valence-corrected chi connectivity index (χ4v) is 3.57. The molecule has 0 atom stereocenters.